The maximum absolute atomic E-state index is 12.1. The standard InChI is InChI=1S/C25H22ClN3O2/c1-18-21(15-27-28-25(30)17-31-24-14-8-6-12-22(24)26)20-11-5-7-13-23(20)29(18)16-19-9-3-2-4-10-19/h2-15H,16-17H2,1H3,(H,28,30). The van der Waals surface area contributed by atoms with Crippen LogP contribution in [0.25, 0.3) is 10.9 Å². The Hall–Kier alpha value is -3.57. The molecule has 0 aliphatic rings. The molecule has 1 N–H and O–H groups in total. The molecule has 0 saturated carbocycles. The number of hydrazone groups is 1. The number of para-hydroxylation sites is 2. The van der Waals surface area contributed by atoms with Gasteiger partial charge in [0.15, 0.2) is 6.61 Å². The van der Waals surface area contributed by atoms with Crippen molar-refractivity contribution in [3.8, 4) is 5.75 Å². The molecular formula is C25H22ClN3O2. The normalized spacial score (nSPS) is 11.2. The highest BCUT2D eigenvalue weighted by molar-refractivity contribution is 6.32. The van der Waals surface area contributed by atoms with Gasteiger partial charge in [-0.25, -0.2) is 5.43 Å². The minimum absolute atomic E-state index is 0.171. The number of nitrogens with zero attached hydrogens (tertiary/aromatic N) is 2. The number of hydrogen-bond acceptors (Lipinski definition) is 3. The molecule has 0 saturated heterocycles. The predicted molar refractivity (Wildman–Crippen MR) is 125 cm³/mol. The fourth-order valence-corrected chi connectivity index (χ4v) is 3.69. The number of fused-ring (bicyclic) bond motifs is 1. The maximum Gasteiger partial charge on any atom is 0.277 e. The van der Waals surface area contributed by atoms with Crippen molar-refractivity contribution in [2.45, 2.75) is 13.5 Å². The van der Waals surface area contributed by atoms with Crippen molar-refractivity contribution in [1.29, 1.82) is 0 Å². The molecule has 0 unspecified atom stereocenters. The zero-order valence-electron chi connectivity index (χ0n) is 17.1. The summed E-state index contributed by atoms with van der Waals surface area (Å²) in [5.74, 6) is 0.102. The number of ether oxygens (including phenoxy) is 1. The lowest BCUT2D eigenvalue weighted by molar-refractivity contribution is -0.123. The minimum atomic E-state index is -0.359. The topological polar surface area (TPSA) is 55.6 Å². The van der Waals surface area contributed by atoms with E-state index in [-0.39, 0.29) is 12.5 Å². The van der Waals surface area contributed by atoms with Gasteiger partial charge < -0.3 is 9.30 Å². The van der Waals surface area contributed by atoms with E-state index in [1.165, 1.54) is 5.56 Å². The zero-order chi connectivity index (χ0) is 21.6. The Labute approximate surface area is 185 Å². The van der Waals surface area contributed by atoms with Crippen LogP contribution in [-0.2, 0) is 11.3 Å². The van der Waals surface area contributed by atoms with Gasteiger partial charge in [-0.3, -0.25) is 4.79 Å². The van der Waals surface area contributed by atoms with Gasteiger partial charge in [0.1, 0.15) is 5.75 Å². The quantitative estimate of drug-likeness (QED) is 0.324. The Morgan fingerprint density at radius 1 is 1.03 bits per heavy atom. The van der Waals surface area contributed by atoms with E-state index in [9.17, 15) is 4.79 Å². The van der Waals surface area contributed by atoms with Gasteiger partial charge in [-0.15, -0.1) is 0 Å². The molecule has 0 aliphatic carbocycles. The van der Waals surface area contributed by atoms with Crippen LogP contribution in [0.15, 0.2) is 84.0 Å². The van der Waals surface area contributed by atoms with Crippen molar-refractivity contribution in [3.63, 3.8) is 0 Å². The third kappa shape index (κ3) is 4.78. The fraction of sp³-hybridized carbons (Fsp3) is 0.120. The number of hydrogen-bond donors (Lipinski definition) is 1. The molecule has 1 aromatic heterocycles. The maximum atomic E-state index is 12.1. The van der Waals surface area contributed by atoms with E-state index in [0.29, 0.717) is 10.8 Å². The lowest BCUT2D eigenvalue weighted by Crippen LogP contribution is -2.24. The van der Waals surface area contributed by atoms with Gasteiger partial charge in [-0.2, -0.15) is 5.10 Å². The van der Waals surface area contributed by atoms with E-state index >= 15 is 0 Å². The molecule has 5 nitrogen and oxygen atoms in total. The molecule has 1 amide bonds. The zero-order valence-corrected chi connectivity index (χ0v) is 17.8. The first-order valence-electron chi connectivity index (χ1n) is 9.94. The second-order valence-corrected chi connectivity index (χ2v) is 7.51. The Morgan fingerprint density at radius 3 is 2.55 bits per heavy atom. The average Bonchev–Trinajstić information content (AvgIpc) is 3.05. The van der Waals surface area contributed by atoms with E-state index in [0.717, 1.165) is 28.7 Å². The van der Waals surface area contributed by atoms with E-state index in [2.05, 4.69) is 46.3 Å². The van der Waals surface area contributed by atoms with Crippen molar-refractivity contribution >= 4 is 34.6 Å². The van der Waals surface area contributed by atoms with E-state index in [4.69, 9.17) is 16.3 Å². The first-order valence-corrected chi connectivity index (χ1v) is 10.3. The van der Waals surface area contributed by atoms with Gasteiger partial charge in [0.2, 0.25) is 0 Å². The predicted octanol–water partition coefficient (Wildman–Crippen LogP) is 5.18. The number of carbonyl (C=O) groups excluding carboxylic acids is 1. The Balaban J connectivity index is 1.49. The van der Waals surface area contributed by atoms with Crippen LogP contribution in [0.4, 0.5) is 0 Å². The molecule has 0 bridgehead atoms. The van der Waals surface area contributed by atoms with Crippen LogP contribution in [0.3, 0.4) is 0 Å². The van der Waals surface area contributed by atoms with Gasteiger partial charge in [0.05, 0.1) is 11.2 Å². The summed E-state index contributed by atoms with van der Waals surface area (Å²) < 4.78 is 7.70. The molecule has 3 aromatic carbocycles. The second kappa shape index (κ2) is 9.49. The second-order valence-electron chi connectivity index (χ2n) is 7.10. The van der Waals surface area contributed by atoms with Crippen LogP contribution in [0.2, 0.25) is 5.02 Å². The van der Waals surface area contributed by atoms with Crippen LogP contribution >= 0.6 is 11.6 Å². The highest BCUT2D eigenvalue weighted by atomic mass is 35.5. The van der Waals surface area contributed by atoms with E-state index in [1.807, 2.05) is 30.3 Å². The van der Waals surface area contributed by atoms with E-state index in [1.54, 1.807) is 30.5 Å². The first-order chi connectivity index (χ1) is 15.1. The SMILES string of the molecule is Cc1c(C=NNC(=O)COc2ccccc2Cl)c2ccccc2n1Cc1ccccc1. The van der Waals surface area contributed by atoms with Crippen molar-refractivity contribution in [2.24, 2.45) is 5.10 Å². The number of rotatable bonds is 7. The summed E-state index contributed by atoms with van der Waals surface area (Å²) in [5.41, 5.74) is 6.92. The third-order valence-corrected chi connectivity index (χ3v) is 5.35. The van der Waals surface area contributed by atoms with Gasteiger partial charge in [0.25, 0.3) is 5.91 Å². The molecule has 156 valence electrons. The summed E-state index contributed by atoms with van der Waals surface area (Å²) in [6, 6.07) is 25.5. The molecule has 6 heteroatoms. The molecule has 0 atom stereocenters. The molecule has 1 heterocycles. The van der Waals surface area contributed by atoms with Crippen LogP contribution in [0.5, 0.6) is 5.75 Å². The summed E-state index contributed by atoms with van der Waals surface area (Å²) in [7, 11) is 0. The molecule has 0 radical (unpaired) electrons. The number of nitrogens with one attached hydrogen (secondary N) is 1. The monoisotopic (exact) mass is 431 g/mol. The molecule has 4 rings (SSSR count). The fourth-order valence-electron chi connectivity index (χ4n) is 3.50. The number of carbonyl (C=O) groups is 1. The van der Waals surface area contributed by atoms with Crippen molar-refractivity contribution in [3.05, 3.63) is 101 Å². The third-order valence-electron chi connectivity index (χ3n) is 5.04. The van der Waals surface area contributed by atoms with Crippen molar-refractivity contribution < 1.29 is 9.53 Å². The van der Waals surface area contributed by atoms with Crippen LogP contribution in [0, 0.1) is 6.92 Å². The molecule has 0 fully saturated rings. The van der Waals surface area contributed by atoms with Crippen LogP contribution in [0.1, 0.15) is 16.8 Å². The smallest absolute Gasteiger partial charge is 0.277 e. The molecular weight excluding hydrogens is 410 g/mol. The lowest BCUT2D eigenvalue weighted by atomic mass is 10.1. The summed E-state index contributed by atoms with van der Waals surface area (Å²) >= 11 is 6.04. The van der Waals surface area contributed by atoms with E-state index < -0.39 is 0 Å². The highest BCUT2D eigenvalue weighted by Gasteiger charge is 2.13. The van der Waals surface area contributed by atoms with Gasteiger partial charge in [-0.05, 0) is 30.7 Å². The number of amides is 1. The summed E-state index contributed by atoms with van der Waals surface area (Å²) in [5, 5.41) is 5.70. The Kier molecular flexibility index (Phi) is 6.34. The highest BCUT2D eigenvalue weighted by Crippen LogP contribution is 2.26. The molecule has 31 heavy (non-hydrogen) atoms. The number of aromatic nitrogens is 1. The Bertz CT molecular complexity index is 1230. The number of benzene rings is 3. The molecule has 4 aromatic rings. The first kappa shape index (κ1) is 20.7. The van der Waals surface area contributed by atoms with Crippen molar-refractivity contribution in [2.75, 3.05) is 6.61 Å². The van der Waals surface area contributed by atoms with Gasteiger partial charge >= 0.3 is 0 Å². The number of halogens is 1. The summed E-state index contributed by atoms with van der Waals surface area (Å²) in [4.78, 5) is 12.1. The average molecular weight is 432 g/mol. The molecule has 0 aliphatic heterocycles. The van der Waals surface area contributed by atoms with Gasteiger partial charge in [0, 0.05) is 28.7 Å². The summed E-state index contributed by atoms with van der Waals surface area (Å²) in [6.45, 7) is 2.65. The lowest BCUT2D eigenvalue weighted by Gasteiger charge is -2.08. The largest absolute Gasteiger partial charge is 0.482 e. The van der Waals surface area contributed by atoms with Gasteiger partial charge in [-0.1, -0.05) is 72.3 Å². The Morgan fingerprint density at radius 2 is 1.74 bits per heavy atom. The van der Waals surface area contributed by atoms with Crippen LogP contribution < -0.4 is 10.2 Å². The summed E-state index contributed by atoms with van der Waals surface area (Å²) in [6.07, 6.45) is 1.69. The molecule has 0 spiro atoms. The van der Waals surface area contributed by atoms with Crippen molar-refractivity contribution in [1.82, 2.24) is 9.99 Å². The minimum Gasteiger partial charge on any atom is -0.482 e. The van der Waals surface area contributed by atoms with Crippen LogP contribution in [-0.4, -0.2) is 23.3 Å².